The number of hydrogen-bond acceptors (Lipinski definition) is 3. The summed E-state index contributed by atoms with van der Waals surface area (Å²) in [6.07, 6.45) is 2.06. The normalized spacial score (nSPS) is 13.1. The van der Waals surface area contributed by atoms with Crippen LogP contribution < -0.4 is 14.8 Å². The van der Waals surface area contributed by atoms with Crippen LogP contribution in [0.25, 0.3) is 10.9 Å². The minimum absolute atomic E-state index is 0.0219. The minimum Gasteiger partial charge on any atom is -0.493 e. The van der Waals surface area contributed by atoms with Crippen LogP contribution in [0.4, 0.5) is 0 Å². The SMILES string of the molecule is COc1cccc([C@H](C[NH2+][C@@H](C)C(=O)N(C)C)c2c[nH]c3ccccc23)c1OC. The zero-order valence-corrected chi connectivity index (χ0v) is 17.7. The standard InChI is InChI=1S/C23H29N3O3/c1-15(23(27)26(2)3)24-13-19(17-10-8-12-21(28-4)22(17)29-5)18-14-25-20-11-7-6-9-16(18)20/h6-12,14-15,19,24-25H,13H2,1-5H3/p+1/t15-,19-/m0/s1. The first-order valence-corrected chi connectivity index (χ1v) is 9.79. The molecular weight excluding hydrogens is 366 g/mol. The Morgan fingerprint density at radius 1 is 1.07 bits per heavy atom. The van der Waals surface area contributed by atoms with Crippen LogP contribution in [0, 0.1) is 0 Å². The number of nitrogens with one attached hydrogen (secondary N) is 1. The number of carbonyl (C=O) groups excluding carboxylic acids is 1. The number of amides is 1. The van der Waals surface area contributed by atoms with Crippen molar-refractivity contribution < 1.29 is 19.6 Å². The lowest BCUT2D eigenvalue weighted by molar-refractivity contribution is -0.675. The molecule has 3 N–H and O–H groups in total. The van der Waals surface area contributed by atoms with Gasteiger partial charge in [-0.15, -0.1) is 0 Å². The molecule has 6 nitrogen and oxygen atoms in total. The van der Waals surface area contributed by atoms with Gasteiger partial charge < -0.3 is 24.7 Å². The van der Waals surface area contributed by atoms with Crippen molar-refractivity contribution in [3.05, 3.63) is 59.8 Å². The molecule has 0 saturated carbocycles. The van der Waals surface area contributed by atoms with Crippen LogP contribution in [0.1, 0.15) is 24.0 Å². The van der Waals surface area contributed by atoms with Gasteiger partial charge in [0, 0.05) is 36.8 Å². The maximum Gasteiger partial charge on any atom is 0.279 e. The smallest absolute Gasteiger partial charge is 0.279 e. The van der Waals surface area contributed by atoms with Gasteiger partial charge in [-0.3, -0.25) is 4.79 Å². The van der Waals surface area contributed by atoms with E-state index in [2.05, 4.69) is 34.7 Å². The maximum absolute atomic E-state index is 12.4. The molecule has 2 atom stereocenters. The molecule has 0 unspecified atom stereocenters. The van der Waals surface area contributed by atoms with E-state index in [-0.39, 0.29) is 17.9 Å². The molecule has 0 radical (unpaired) electrons. The Morgan fingerprint density at radius 2 is 1.83 bits per heavy atom. The molecule has 0 bridgehead atoms. The molecule has 3 rings (SSSR count). The second kappa shape index (κ2) is 9.01. The van der Waals surface area contributed by atoms with Crippen LogP contribution in [-0.2, 0) is 4.79 Å². The first kappa shape index (κ1) is 20.7. The van der Waals surface area contributed by atoms with Crippen LogP contribution in [0.5, 0.6) is 11.5 Å². The molecule has 0 aliphatic heterocycles. The number of hydrogen-bond donors (Lipinski definition) is 2. The van der Waals surface area contributed by atoms with Gasteiger partial charge >= 0.3 is 0 Å². The van der Waals surface area contributed by atoms with Gasteiger partial charge in [-0.25, -0.2) is 0 Å². The Hall–Kier alpha value is -2.99. The van der Waals surface area contributed by atoms with Gasteiger partial charge in [0.1, 0.15) is 0 Å². The third-order valence-corrected chi connectivity index (χ3v) is 5.36. The Bertz CT molecular complexity index is 980. The number of quaternary nitrogens is 1. The zero-order valence-electron chi connectivity index (χ0n) is 17.7. The number of ether oxygens (including phenoxy) is 2. The van der Waals surface area contributed by atoms with Gasteiger partial charge in [-0.1, -0.05) is 30.3 Å². The van der Waals surface area contributed by atoms with Gasteiger partial charge in [0.25, 0.3) is 5.91 Å². The molecule has 2 aromatic carbocycles. The van der Waals surface area contributed by atoms with Crippen molar-refractivity contribution in [2.75, 3.05) is 34.9 Å². The first-order chi connectivity index (χ1) is 14.0. The molecule has 0 spiro atoms. The molecule has 0 aliphatic carbocycles. The highest BCUT2D eigenvalue weighted by atomic mass is 16.5. The minimum atomic E-state index is -0.172. The summed E-state index contributed by atoms with van der Waals surface area (Å²) < 4.78 is 11.3. The number of H-pyrrole nitrogens is 1. The first-order valence-electron chi connectivity index (χ1n) is 9.79. The largest absolute Gasteiger partial charge is 0.493 e. The summed E-state index contributed by atoms with van der Waals surface area (Å²) in [7, 11) is 6.88. The molecule has 0 saturated heterocycles. The third-order valence-electron chi connectivity index (χ3n) is 5.36. The zero-order chi connectivity index (χ0) is 21.0. The van der Waals surface area contributed by atoms with Crippen molar-refractivity contribution in [2.45, 2.75) is 18.9 Å². The van der Waals surface area contributed by atoms with E-state index in [0.717, 1.165) is 16.8 Å². The lowest BCUT2D eigenvalue weighted by Gasteiger charge is -2.22. The van der Waals surface area contributed by atoms with Crippen LogP contribution in [0.3, 0.4) is 0 Å². The number of para-hydroxylation sites is 2. The number of benzene rings is 2. The molecule has 0 aliphatic rings. The van der Waals surface area contributed by atoms with Crippen molar-refractivity contribution in [1.29, 1.82) is 0 Å². The number of fused-ring (bicyclic) bond motifs is 1. The fourth-order valence-corrected chi connectivity index (χ4v) is 3.84. The lowest BCUT2D eigenvalue weighted by atomic mass is 9.89. The van der Waals surface area contributed by atoms with Crippen LogP contribution in [0.15, 0.2) is 48.7 Å². The number of rotatable bonds is 8. The molecule has 1 amide bonds. The highest BCUT2D eigenvalue weighted by Crippen LogP contribution is 2.39. The highest BCUT2D eigenvalue weighted by molar-refractivity contribution is 5.84. The van der Waals surface area contributed by atoms with Crippen LogP contribution >= 0.6 is 0 Å². The topological polar surface area (TPSA) is 71.2 Å². The van der Waals surface area contributed by atoms with Crippen molar-refractivity contribution in [3.63, 3.8) is 0 Å². The van der Waals surface area contributed by atoms with Crippen LogP contribution in [0.2, 0.25) is 0 Å². The Kier molecular flexibility index (Phi) is 6.44. The molecule has 1 heterocycles. The number of aromatic nitrogens is 1. The average molecular weight is 397 g/mol. The number of nitrogens with zero attached hydrogens (tertiary/aromatic N) is 1. The Balaban J connectivity index is 2.04. The van der Waals surface area contributed by atoms with E-state index in [4.69, 9.17) is 9.47 Å². The summed E-state index contributed by atoms with van der Waals surface area (Å²) in [5, 5.41) is 3.26. The molecule has 154 valence electrons. The van der Waals surface area contributed by atoms with Crippen LogP contribution in [-0.4, -0.2) is 56.7 Å². The summed E-state index contributed by atoms with van der Waals surface area (Å²) in [5.74, 6) is 1.55. The predicted molar refractivity (Wildman–Crippen MR) is 115 cm³/mol. The van der Waals surface area contributed by atoms with E-state index in [1.165, 1.54) is 10.9 Å². The van der Waals surface area contributed by atoms with Crippen molar-refractivity contribution in [1.82, 2.24) is 9.88 Å². The van der Waals surface area contributed by atoms with E-state index < -0.39 is 0 Å². The summed E-state index contributed by atoms with van der Waals surface area (Å²) >= 11 is 0. The van der Waals surface area contributed by atoms with Gasteiger partial charge in [0.05, 0.1) is 26.7 Å². The van der Waals surface area contributed by atoms with Gasteiger partial charge in [0.2, 0.25) is 0 Å². The van der Waals surface area contributed by atoms with Gasteiger partial charge in [-0.05, 0) is 24.6 Å². The second-order valence-electron chi connectivity index (χ2n) is 7.42. The highest BCUT2D eigenvalue weighted by Gasteiger charge is 2.27. The van der Waals surface area contributed by atoms with Gasteiger partial charge in [-0.2, -0.15) is 0 Å². The number of likely N-dealkylation sites (N-methyl/N-ethyl adjacent to an activating group) is 1. The van der Waals surface area contributed by atoms with E-state index in [9.17, 15) is 4.79 Å². The van der Waals surface area contributed by atoms with E-state index in [1.54, 1.807) is 33.2 Å². The monoisotopic (exact) mass is 396 g/mol. The fraction of sp³-hybridized carbons (Fsp3) is 0.348. The van der Waals surface area contributed by atoms with E-state index >= 15 is 0 Å². The number of methoxy groups -OCH3 is 2. The number of aromatic amines is 1. The number of nitrogens with two attached hydrogens (primary N) is 1. The van der Waals surface area contributed by atoms with Crippen molar-refractivity contribution in [3.8, 4) is 11.5 Å². The lowest BCUT2D eigenvalue weighted by Crippen LogP contribution is -2.92. The molecule has 6 heteroatoms. The molecule has 29 heavy (non-hydrogen) atoms. The maximum atomic E-state index is 12.4. The van der Waals surface area contributed by atoms with Gasteiger partial charge in [0.15, 0.2) is 17.5 Å². The molecule has 3 aromatic rings. The third kappa shape index (κ3) is 4.22. The summed E-state index contributed by atoms with van der Waals surface area (Å²) in [5.41, 5.74) is 3.30. The molecular formula is C23H30N3O3+. The van der Waals surface area contributed by atoms with Crippen molar-refractivity contribution in [2.24, 2.45) is 0 Å². The molecule has 0 fully saturated rings. The summed E-state index contributed by atoms with van der Waals surface area (Å²) in [6.45, 7) is 2.64. The van der Waals surface area contributed by atoms with Crippen molar-refractivity contribution >= 4 is 16.8 Å². The predicted octanol–water partition coefficient (Wildman–Crippen LogP) is 2.36. The summed E-state index contributed by atoms with van der Waals surface area (Å²) in [6, 6.07) is 14.0. The summed E-state index contributed by atoms with van der Waals surface area (Å²) in [4.78, 5) is 17.4. The average Bonchev–Trinajstić information content (AvgIpc) is 3.16. The molecule has 1 aromatic heterocycles. The van der Waals surface area contributed by atoms with E-state index in [1.807, 2.05) is 31.2 Å². The van der Waals surface area contributed by atoms with E-state index in [0.29, 0.717) is 12.3 Å². The quantitative estimate of drug-likeness (QED) is 0.614. The Labute approximate surface area is 171 Å². The Morgan fingerprint density at radius 3 is 2.52 bits per heavy atom. The second-order valence-corrected chi connectivity index (χ2v) is 7.42. The fourth-order valence-electron chi connectivity index (χ4n) is 3.84. The number of carbonyl (C=O) groups is 1.